The second-order valence-electron chi connectivity index (χ2n) is 5.01. The summed E-state index contributed by atoms with van der Waals surface area (Å²) in [6.07, 6.45) is 0.761. The van der Waals surface area contributed by atoms with Crippen LogP contribution in [-0.4, -0.2) is 47.6 Å². The molecule has 0 atom stereocenters. The molecule has 2 rings (SSSR count). The van der Waals surface area contributed by atoms with Crippen LogP contribution in [0.5, 0.6) is 5.75 Å². The Morgan fingerprint density at radius 1 is 1.45 bits per heavy atom. The van der Waals surface area contributed by atoms with E-state index in [9.17, 15) is 15.2 Å². The third kappa shape index (κ3) is 3.83. The molecule has 1 fully saturated rings. The number of hydrogen-bond acceptors (Lipinski definition) is 4. The Balaban J connectivity index is 2.23. The van der Waals surface area contributed by atoms with Crippen LogP contribution in [0.25, 0.3) is 0 Å². The minimum atomic E-state index is -0.353. The van der Waals surface area contributed by atoms with E-state index < -0.39 is 0 Å². The number of ether oxygens (including phenoxy) is 1. The van der Waals surface area contributed by atoms with Crippen molar-refractivity contribution in [1.29, 1.82) is 5.26 Å². The molecule has 0 spiro atoms. The Morgan fingerprint density at radius 2 is 2.14 bits per heavy atom. The molecule has 1 aliphatic rings. The first-order valence-corrected chi connectivity index (χ1v) is 7.87. The first kappa shape index (κ1) is 16.9. The number of amides is 1. The van der Waals surface area contributed by atoms with Gasteiger partial charge in [-0.25, -0.2) is 0 Å². The standard InChI is InChI=1S/C15H16Cl2N2O3/c16-3-6-22-14-11(9-18)7-10(8-13(14)17)15(21)19-4-1-12(20)2-5-19/h7-8,12,20H,1-6H2. The summed E-state index contributed by atoms with van der Waals surface area (Å²) in [7, 11) is 0. The maximum absolute atomic E-state index is 12.5. The Morgan fingerprint density at radius 3 is 2.73 bits per heavy atom. The number of nitriles is 1. The number of nitrogens with zero attached hydrogens (tertiary/aromatic N) is 2. The highest BCUT2D eigenvalue weighted by Gasteiger charge is 2.24. The summed E-state index contributed by atoms with van der Waals surface area (Å²) in [6, 6.07) is 4.96. The van der Waals surface area contributed by atoms with Crippen LogP contribution < -0.4 is 4.74 Å². The summed E-state index contributed by atoms with van der Waals surface area (Å²) >= 11 is 11.7. The second-order valence-corrected chi connectivity index (χ2v) is 5.79. The number of rotatable bonds is 4. The van der Waals surface area contributed by atoms with E-state index in [1.165, 1.54) is 12.1 Å². The first-order chi connectivity index (χ1) is 10.6. The summed E-state index contributed by atoms with van der Waals surface area (Å²) in [6.45, 7) is 1.21. The highest BCUT2D eigenvalue weighted by atomic mass is 35.5. The fraction of sp³-hybridized carbons (Fsp3) is 0.467. The smallest absolute Gasteiger partial charge is 0.253 e. The van der Waals surface area contributed by atoms with Crippen molar-refractivity contribution in [2.75, 3.05) is 25.6 Å². The van der Waals surface area contributed by atoms with Crippen LogP contribution in [0.15, 0.2) is 12.1 Å². The van der Waals surface area contributed by atoms with Crippen molar-refractivity contribution in [2.24, 2.45) is 0 Å². The molecule has 5 nitrogen and oxygen atoms in total. The van der Waals surface area contributed by atoms with Gasteiger partial charge < -0.3 is 14.7 Å². The lowest BCUT2D eigenvalue weighted by molar-refractivity contribution is 0.0546. The SMILES string of the molecule is N#Cc1cc(C(=O)N2CCC(O)CC2)cc(Cl)c1OCCCl. The van der Waals surface area contributed by atoms with Crippen LogP contribution in [0.3, 0.4) is 0 Å². The van der Waals surface area contributed by atoms with Crippen molar-refractivity contribution in [1.82, 2.24) is 4.90 Å². The van der Waals surface area contributed by atoms with Crippen molar-refractivity contribution in [2.45, 2.75) is 18.9 Å². The minimum Gasteiger partial charge on any atom is -0.489 e. The lowest BCUT2D eigenvalue weighted by Crippen LogP contribution is -2.40. The van der Waals surface area contributed by atoms with Crippen LogP contribution in [-0.2, 0) is 0 Å². The Hall–Kier alpha value is -1.48. The number of likely N-dealkylation sites (tertiary alicyclic amines) is 1. The molecule has 1 amide bonds. The maximum Gasteiger partial charge on any atom is 0.253 e. The molecule has 7 heteroatoms. The normalized spacial score (nSPS) is 15.5. The summed E-state index contributed by atoms with van der Waals surface area (Å²) < 4.78 is 5.36. The molecule has 1 aliphatic heterocycles. The molecule has 0 unspecified atom stereocenters. The predicted molar refractivity (Wildman–Crippen MR) is 83.5 cm³/mol. The number of carbonyl (C=O) groups excluding carboxylic acids is 1. The molecule has 0 aliphatic carbocycles. The van der Waals surface area contributed by atoms with Crippen LogP contribution in [0.2, 0.25) is 5.02 Å². The van der Waals surface area contributed by atoms with Crippen LogP contribution >= 0.6 is 23.2 Å². The van der Waals surface area contributed by atoms with Crippen LogP contribution in [0, 0.1) is 11.3 Å². The molecule has 22 heavy (non-hydrogen) atoms. The van der Waals surface area contributed by atoms with Gasteiger partial charge in [-0.15, -0.1) is 11.6 Å². The van der Waals surface area contributed by atoms with Crippen molar-refractivity contribution in [3.8, 4) is 11.8 Å². The van der Waals surface area contributed by atoms with E-state index in [2.05, 4.69) is 0 Å². The van der Waals surface area contributed by atoms with E-state index in [4.69, 9.17) is 27.9 Å². The number of carbonyl (C=O) groups is 1. The average molecular weight is 343 g/mol. The molecular formula is C15H16Cl2N2O3. The van der Waals surface area contributed by atoms with Gasteiger partial charge in [-0.05, 0) is 25.0 Å². The van der Waals surface area contributed by atoms with Crippen molar-refractivity contribution in [3.05, 3.63) is 28.3 Å². The van der Waals surface area contributed by atoms with E-state index in [0.717, 1.165) is 0 Å². The number of halogens is 2. The summed E-state index contributed by atoms with van der Waals surface area (Å²) in [4.78, 5) is 14.1. The molecule has 1 saturated heterocycles. The quantitative estimate of drug-likeness (QED) is 0.852. The van der Waals surface area contributed by atoms with Crippen molar-refractivity contribution >= 4 is 29.1 Å². The number of alkyl halides is 1. The molecule has 0 bridgehead atoms. The van der Waals surface area contributed by atoms with E-state index in [0.29, 0.717) is 31.5 Å². The Labute approximate surface area is 139 Å². The van der Waals surface area contributed by atoms with Gasteiger partial charge in [0, 0.05) is 18.7 Å². The number of piperidine rings is 1. The fourth-order valence-corrected chi connectivity index (χ4v) is 2.69. The first-order valence-electron chi connectivity index (χ1n) is 6.96. The zero-order valence-electron chi connectivity index (χ0n) is 11.9. The molecule has 1 N–H and O–H groups in total. The van der Waals surface area contributed by atoms with Gasteiger partial charge in [0.1, 0.15) is 12.7 Å². The molecule has 0 radical (unpaired) electrons. The fourth-order valence-electron chi connectivity index (χ4n) is 2.34. The predicted octanol–water partition coefficient (Wildman–Crippen LogP) is 2.43. The second kappa shape index (κ2) is 7.68. The summed E-state index contributed by atoms with van der Waals surface area (Å²) in [5.74, 6) is 0.322. The Kier molecular flexibility index (Phi) is 5.90. The van der Waals surface area contributed by atoms with E-state index in [-0.39, 0.29) is 40.8 Å². The van der Waals surface area contributed by atoms with Gasteiger partial charge in [0.25, 0.3) is 5.91 Å². The van der Waals surface area contributed by atoms with Gasteiger partial charge in [0.2, 0.25) is 0 Å². The average Bonchev–Trinajstić information content (AvgIpc) is 2.53. The molecular weight excluding hydrogens is 327 g/mol. The number of benzene rings is 1. The third-order valence-electron chi connectivity index (χ3n) is 3.49. The van der Waals surface area contributed by atoms with Crippen molar-refractivity contribution < 1.29 is 14.6 Å². The van der Waals surface area contributed by atoms with Crippen LogP contribution in [0.1, 0.15) is 28.8 Å². The topological polar surface area (TPSA) is 73.6 Å². The Bertz CT molecular complexity index is 593. The summed E-state index contributed by atoms with van der Waals surface area (Å²) in [5, 5.41) is 18.9. The van der Waals surface area contributed by atoms with Gasteiger partial charge in [-0.3, -0.25) is 4.79 Å². The maximum atomic E-state index is 12.5. The lowest BCUT2D eigenvalue weighted by atomic mass is 10.0. The van der Waals surface area contributed by atoms with Gasteiger partial charge in [0.05, 0.1) is 22.6 Å². The molecule has 1 heterocycles. The van der Waals surface area contributed by atoms with Gasteiger partial charge in [0.15, 0.2) is 5.75 Å². The lowest BCUT2D eigenvalue weighted by Gasteiger charge is -2.29. The van der Waals surface area contributed by atoms with Gasteiger partial charge >= 0.3 is 0 Å². The van der Waals surface area contributed by atoms with E-state index in [1.54, 1.807) is 4.90 Å². The number of hydrogen-bond donors (Lipinski definition) is 1. The number of aliphatic hydroxyl groups is 1. The molecule has 1 aromatic carbocycles. The highest BCUT2D eigenvalue weighted by Crippen LogP contribution is 2.31. The molecule has 1 aromatic rings. The zero-order valence-corrected chi connectivity index (χ0v) is 13.4. The van der Waals surface area contributed by atoms with Gasteiger partial charge in [-0.1, -0.05) is 11.6 Å². The highest BCUT2D eigenvalue weighted by molar-refractivity contribution is 6.32. The van der Waals surface area contributed by atoms with E-state index in [1.807, 2.05) is 6.07 Å². The largest absolute Gasteiger partial charge is 0.489 e. The monoisotopic (exact) mass is 342 g/mol. The van der Waals surface area contributed by atoms with E-state index >= 15 is 0 Å². The third-order valence-corrected chi connectivity index (χ3v) is 3.92. The minimum absolute atomic E-state index is 0.200. The molecule has 0 aromatic heterocycles. The molecule has 118 valence electrons. The zero-order chi connectivity index (χ0) is 16.1. The van der Waals surface area contributed by atoms with Gasteiger partial charge in [-0.2, -0.15) is 5.26 Å². The number of aliphatic hydroxyl groups excluding tert-OH is 1. The molecule has 0 saturated carbocycles. The van der Waals surface area contributed by atoms with Crippen molar-refractivity contribution in [3.63, 3.8) is 0 Å². The summed E-state index contributed by atoms with van der Waals surface area (Å²) in [5.41, 5.74) is 0.550. The van der Waals surface area contributed by atoms with Crippen LogP contribution in [0.4, 0.5) is 0 Å².